The highest BCUT2D eigenvalue weighted by atomic mass is 19.1. The van der Waals surface area contributed by atoms with Gasteiger partial charge in [-0.2, -0.15) is 5.26 Å². The maximum atomic E-state index is 12.7. The van der Waals surface area contributed by atoms with E-state index in [4.69, 9.17) is 10.4 Å². The minimum atomic E-state index is -0.980. The van der Waals surface area contributed by atoms with Crippen LogP contribution in [-0.2, 0) is 0 Å². The van der Waals surface area contributed by atoms with Crippen LogP contribution in [0, 0.1) is 11.3 Å². The Morgan fingerprint density at radius 3 is 2.91 bits per heavy atom. The number of aliphatic hydroxyl groups is 1. The number of nitriles is 1. The number of rotatable bonds is 1. The van der Waals surface area contributed by atoms with E-state index in [2.05, 4.69) is 0 Å². The summed E-state index contributed by atoms with van der Waals surface area (Å²) in [6.45, 7) is 0.913. The van der Waals surface area contributed by atoms with Crippen molar-refractivity contribution in [3.63, 3.8) is 0 Å². The maximum Gasteiger partial charge on any atom is 0.115 e. The van der Waals surface area contributed by atoms with Gasteiger partial charge in [0.15, 0.2) is 0 Å². The Hall–Kier alpha value is -0.660. The number of β-amino-alcohol motifs (C(OH)–C–C–N with tert-alkyl or cyclic N) is 1. The summed E-state index contributed by atoms with van der Waals surface area (Å²) in [5, 5.41) is 17.4. The van der Waals surface area contributed by atoms with Crippen molar-refractivity contribution >= 4 is 0 Å². The molecule has 1 aliphatic heterocycles. The van der Waals surface area contributed by atoms with E-state index in [1.165, 1.54) is 0 Å². The number of hydrogen-bond donors (Lipinski definition) is 1. The molecule has 4 heteroatoms. The molecule has 1 aliphatic rings. The molecule has 0 saturated carbocycles. The van der Waals surface area contributed by atoms with Gasteiger partial charge in [-0.25, -0.2) is 4.39 Å². The number of hydrogen-bond acceptors (Lipinski definition) is 3. The van der Waals surface area contributed by atoms with E-state index in [-0.39, 0.29) is 19.5 Å². The van der Waals surface area contributed by atoms with Gasteiger partial charge in [0, 0.05) is 19.5 Å². The molecule has 0 spiro atoms. The number of likely N-dealkylation sites (tertiary alicyclic amines) is 1. The van der Waals surface area contributed by atoms with Crippen LogP contribution in [0.1, 0.15) is 6.42 Å². The summed E-state index contributed by atoms with van der Waals surface area (Å²) in [5.41, 5.74) is 0. The zero-order chi connectivity index (χ0) is 8.27. The van der Waals surface area contributed by atoms with Gasteiger partial charge in [-0.3, -0.25) is 4.90 Å². The van der Waals surface area contributed by atoms with Crippen molar-refractivity contribution in [1.82, 2.24) is 4.90 Å². The quantitative estimate of drug-likeness (QED) is 0.543. The molecule has 0 radical (unpaired) electrons. The maximum absolute atomic E-state index is 12.7. The Balaban J connectivity index is 2.38. The van der Waals surface area contributed by atoms with Crippen molar-refractivity contribution in [2.45, 2.75) is 18.7 Å². The van der Waals surface area contributed by atoms with E-state index in [9.17, 15) is 4.39 Å². The Morgan fingerprint density at radius 2 is 2.36 bits per heavy atom. The molecule has 3 nitrogen and oxygen atoms in total. The summed E-state index contributed by atoms with van der Waals surface area (Å²) in [7, 11) is 0. The fraction of sp³-hybridized carbons (Fsp3) is 0.857. The molecule has 2 unspecified atom stereocenters. The van der Waals surface area contributed by atoms with Crippen LogP contribution in [0.5, 0.6) is 0 Å². The highest BCUT2D eigenvalue weighted by Crippen LogP contribution is 2.12. The minimum absolute atomic E-state index is 0.206. The third-order valence-electron chi connectivity index (χ3n) is 1.75. The number of alkyl halides is 1. The molecule has 11 heavy (non-hydrogen) atoms. The van der Waals surface area contributed by atoms with Crippen LogP contribution in [0.2, 0.25) is 0 Å². The molecule has 62 valence electrons. The van der Waals surface area contributed by atoms with Crippen molar-refractivity contribution in [3.8, 4) is 6.07 Å². The summed E-state index contributed by atoms with van der Waals surface area (Å²) in [6, 6.07) is 1.93. The topological polar surface area (TPSA) is 47.3 Å². The Bertz CT molecular complexity index is 158. The largest absolute Gasteiger partial charge is 0.392 e. The van der Waals surface area contributed by atoms with Crippen LogP contribution < -0.4 is 0 Å². The molecule has 2 atom stereocenters. The Morgan fingerprint density at radius 1 is 1.64 bits per heavy atom. The third-order valence-corrected chi connectivity index (χ3v) is 1.75. The van der Waals surface area contributed by atoms with E-state index in [1.54, 1.807) is 4.90 Å². The second-order valence-corrected chi connectivity index (χ2v) is 2.84. The fourth-order valence-electron chi connectivity index (χ4n) is 1.33. The first-order valence-corrected chi connectivity index (χ1v) is 3.64. The average Bonchev–Trinajstić information content (AvgIpc) is 1.85. The minimum Gasteiger partial charge on any atom is -0.392 e. The van der Waals surface area contributed by atoms with Crippen LogP contribution in [0.3, 0.4) is 0 Å². The van der Waals surface area contributed by atoms with E-state index in [1.807, 2.05) is 6.07 Å². The number of piperidine rings is 1. The molecular weight excluding hydrogens is 147 g/mol. The fourth-order valence-corrected chi connectivity index (χ4v) is 1.33. The zero-order valence-electron chi connectivity index (χ0n) is 6.20. The van der Waals surface area contributed by atoms with Crippen LogP contribution in [-0.4, -0.2) is 41.9 Å². The van der Waals surface area contributed by atoms with E-state index in [0.29, 0.717) is 6.54 Å². The molecule has 1 fully saturated rings. The molecule has 0 aromatic rings. The SMILES string of the molecule is N#CCN1CC(O)CC(F)C1. The summed E-state index contributed by atoms with van der Waals surface area (Å²) >= 11 is 0. The van der Waals surface area contributed by atoms with E-state index in [0.717, 1.165) is 0 Å². The lowest BCUT2D eigenvalue weighted by molar-refractivity contribution is 0.0324. The highest BCUT2D eigenvalue weighted by molar-refractivity contribution is 4.84. The van der Waals surface area contributed by atoms with E-state index >= 15 is 0 Å². The number of nitrogens with zero attached hydrogens (tertiary/aromatic N) is 2. The van der Waals surface area contributed by atoms with Gasteiger partial charge in [0.1, 0.15) is 6.17 Å². The molecule has 0 aromatic carbocycles. The van der Waals surface area contributed by atoms with Crippen LogP contribution in [0.4, 0.5) is 4.39 Å². The van der Waals surface area contributed by atoms with Gasteiger partial charge < -0.3 is 5.11 Å². The predicted molar refractivity (Wildman–Crippen MR) is 37.6 cm³/mol. The van der Waals surface area contributed by atoms with Gasteiger partial charge in [-0.05, 0) is 0 Å². The Kier molecular flexibility index (Phi) is 2.80. The Labute approximate surface area is 65.0 Å². The van der Waals surface area contributed by atoms with Crippen LogP contribution in [0.15, 0.2) is 0 Å². The molecule has 0 aromatic heterocycles. The summed E-state index contributed by atoms with van der Waals surface area (Å²) in [4.78, 5) is 1.62. The van der Waals surface area contributed by atoms with Gasteiger partial charge in [-0.1, -0.05) is 0 Å². The van der Waals surface area contributed by atoms with E-state index < -0.39 is 12.3 Å². The van der Waals surface area contributed by atoms with Crippen molar-refractivity contribution in [2.75, 3.05) is 19.6 Å². The lowest BCUT2D eigenvalue weighted by Crippen LogP contribution is -2.44. The molecular formula is C7H11FN2O. The lowest BCUT2D eigenvalue weighted by Gasteiger charge is -2.30. The molecule has 1 rings (SSSR count). The van der Waals surface area contributed by atoms with Crippen LogP contribution >= 0.6 is 0 Å². The van der Waals surface area contributed by atoms with Crippen molar-refractivity contribution in [2.24, 2.45) is 0 Å². The molecule has 0 amide bonds. The van der Waals surface area contributed by atoms with Crippen molar-refractivity contribution in [1.29, 1.82) is 5.26 Å². The molecule has 0 aliphatic carbocycles. The van der Waals surface area contributed by atoms with Gasteiger partial charge >= 0.3 is 0 Å². The predicted octanol–water partition coefficient (Wildman–Crippen LogP) is -0.0853. The average molecular weight is 158 g/mol. The first-order valence-electron chi connectivity index (χ1n) is 3.64. The standard InChI is InChI=1S/C7H11FN2O/c8-6-3-7(11)5-10(4-6)2-1-9/h6-7,11H,2-5H2. The van der Waals surface area contributed by atoms with Gasteiger partial charge in [-0.15, -0.1) is 0 Å². The second-order valence-electron chi connectivity index (χ2n) is 2.84. The van der Waals surface area contributed by atoms with Gasteiger partial charge in [0.05, 0.1) is 18.7 Å². The highest BCUT2D eigenvalue weighted by Gasteiger charge is 2.24. The zero-order valence-corrected chi connectivity index (χ0v) is 6.20. The van der Waals surface area contributed by atoms with Gasteiger partial charge in [0.25, 0.3) is 0 Å². The van der Waals surface area contributed by atoms with Crippen LogP contribution in [0.25, 0.3) is 0 Å². The van der Waals surface area contributed by atoms with Gasteiger partial charge in [0.2, 0.25) is 0 Å². The lowest BCUT2D eigenvalue weighted by atomic mass is 10.1. The molecule has 1 heterocycles. The summed E-state index contributed by atoms with van der Waals surface area (Å²) < 4.78 is 12.7. The summed E-state index contributed by atoms with van der Waals surface area (Å²) in [6.07, 6.45) is -1.37. The first kappa shape index (κ1) is 8.44. The van der Waals surface area contributed by atoms with Crippen molar-refractivity contribution in [3.05, 3.63) is 0 Å². The molecule has 1 saturated heterocycles. The first-order chi connectivity index (χ1) is 5.22. The smallest absolute Gasteiger partial charge is 0.115 e. The molecule has 1 N–H and O–H groups in total. The monoisotopic (exact) mass is 158 g/mol. The summed E-state index contributed by atoms with van der Waals surface area (Å²) in [5.74, 6) is 0. The normalized spacial score (nSPS) is 33.2. The second kappa shape index (κ2) is 3.65. The third kappa shape index (κ3) is 2.45. The molecule has 0 bridgehead atoms. The number of aliphatic hydroxyl groups excluding tert-OH is 1. The number of halogens is 1. The van der Waals surface area contributed by atoms with Crippen molar-refractivity contribution < 1.29 is 9.50 Å².